The Bertz CT molecular complexity index is 1320. The third kappa shape index (κ3) is 2.45. The summed E-state index contributed by atoms with van der Waals surface area (Å²) in [4.78, 5) is 55.5. The molecular weight excluding hydrogens is 425 g/mol. The van der Waals surface area contributed by atoms with E-state index in [0.29, 0.717) is 11.3 Å². The minimum atomic E-state index is -2.14. The summed E-state index contributed by atoms with van der Waals surface area (Å²) in [6.45, 7) is 0. The smallest absolute Gasteiger partial charge is 0.241 e. The van der Waals surface area contributed by atoms with Crippen molar-refractivity contribution in [3.8, 4) is 0 Å². The van der Waals surface area contributed by atoms with Gasteiger partial charge in [0.1, 0.15) is 5.82 Å². The molecule has 6 nitrogen and oxygen atoms in total. The van der Waals surface area contributed by atoms with Gasteiger partial charge in [-0.2, -0.15) is 0 Å². The number of benzene rings is 3. The maximum Gasteiger partial charge on any atom is 0.241 e. The van der Waals surface area contributed by atoms with Crippen LogP contribution in [0.15, 0.2) is 78.9 Å². The lowest BCUT2D eigenvalue weighted by atomic mass is 9.77. The molecular formula is C26H16FNO5. The van der Waals surface area contributed by atoms with Crippen molar-refractivity contribution in [3.05, 3.63) is 101 Å². The summed E-state index contributed by atoms with van der Waals surface area (Å²) in [7, 11) is 0. The number of fused-ring (bicyclic) bond motifs is 3. The lowest BCUT2D eigenvalue weighted by Gasteiger charge is -2.27. The first-order chi connectivity index (χ1) is 15.9. The second kappa shape index (κ2) is 6.76. The van der Waals surface area contributed by atoms with Crippen molar-refractivity contribution in [3.63, 3.8) is 0 Å². The molecule has 162 valence electrons. The SMILES string of the molecule is O=C1[C@@H]2[C@@H](c3ccc(F)cc3)OC3(C(=O)c4ccccc4C3=O)[C@H]2C(=O)N1c1ccccc1. The van der Waals surface area contributed by atoms with E-state index in [-0.39, 0.29) is 11.1 Å². The molecule has 0 radical (unpaired) electrons. The first kappa shape index (κ1) is 19.7. The van der Waals surface area contributed by atoms with Crippen molar-refractivity contribution in [1.29, 1.82) is 0 Å². The number of imide groups is 1. The zero-order valence-electron chi connectivity index (χ0n) is 17.1. The van der Waals surface area contributed by atoms with Crippen LogP contribution in [0, 0.1) is 17.7 Å². The summed E-state index contributed by atoms with van der Waals surface area (Å²) >= 11 is 0. The monoisotopic (exact) mass is 441 g/mol. The second-order valence-electron chi connectivity index (χ2n) is 8.38. The number of halogens is 1. The third-order valence-corrected chi connectivity index (χ3v) is 6.73. The van der Waals surface area contributed by atoms with E-state index in [0.717, 1.165) is 4.90 Å². The number of nitrogens with zero attached hydrogens (tertiary/aromatic N) is 1. The van der Waals surface area contributed by atoms with Gasteiger partial charge in [0.2, 0.25) is 29.0 Å². The largest absolute Gasteiger partial charge is 0.349 e. The molecule has 0 bridgehead atoms. The highest BCUT2D eigenvalue weighted by Gasteiger charge is 2.74. The summed E-state index contributed by atoms with van der Waals surface area (Å²) < 4.78 is 19.7. The fourth-order valence-corrected chi connectivity index (χ4v) is 5.30. The van der Waals surface area contributed by atoms with Crippen molar-refractivity contribution in [2.75, 3.05) is 4.90 Å². The van der Waals surface area contributed by atoms with Gasteiger partial charge in [-0.3, -0.25) is 19.2 Å². The normalized spacial score (nSPS) is 25.1. The second-order valence-corrected chi connectivity index (χ2v) is 8.38. The van der Waals surface area contributed by atoms with E-state index in [1.54, 1.807) is 42.5 Å². The number of ketones is 2. The summed E-state index contributed by atoms with van der Waals surface area (Å²) in [5, 5.41) is 0. The molecule has 0 aromatic heterocycles. The van der Waals surface area contributed by atoms with Gasteiger partial charge in [0.05, 0.1) is 23.6 Å². The van der Waals surface area contributed by atoms with E-state index in [4.69, 9.17) is 4.74 Å². The van der Waals surface area contributed by atoms with Gasteiger partial charge in [0.15, 0.2) is 0 Å². The Kier molecular flexibility index (Phi) is 4.04. The highest BCUT2D eigenvalue weighted by atomic mass is 19.1. The molecule has 6 rings (SSSR count). The van der Waals surface area contributed by atoms with E-state index < -0.39 is 52.7 Å². The van der Waals surface area contributed by atoms with Crippen LogP contribution < -0.4 is 4.90 Å². The Hall–Kier alpha value is -3.97. The molecule has 2 fully saturated rings. The topological polar surface area (TPSA) is 80.8 Å². The molecule has 3 aromatic rings. The van der Waals surface area contributed by atoms with Crippen molar-refractivity contribution < 1.29 is 28.3 Å². The number of para-hydroxylation sites is 1. The summed E-state index contributed by atoms with van der Waals surface area (Å²) in [6.07, 6.45) is -1.07. The van der Waals surface area contributed by atoms with Crippen LogP contribution >= 0.6 is 0 Å². The van der Waals surface area contributed by atoms with E-state index in [2.05, 4.69) is 0 Å². The van der Waals surface area contributed by atoms with Crippen molar-refractivity contribution in [2.45, 2.75) is 11.7 Å². The first-order valence-corrected chi connectivity index (χ1v) is 10.5. The van der Waals surface area contributed by atoms with Crippen LogP contribution in [0.5, 0.6) is 0 Å². The minimum Gasteiger partial charge on any atom is -0.349 e. The predicted octanol–water partition coefficient (Wildman–Crippen LogP) is 3.52. The Balaban J connectivity index is 1.55. The number of hydrogen-bond donors (Lipinski definition) is 0. The average Bonchev–Trinajstić information content (AvgIpc) is 3.40. The zero-order valence-corrected chi connectivity index (χ0v) is 17.1. The Morgan fingerprint density at radius 3 is 1.91 bits per heavy atom. The minimum absolute atomic E-state index is 0.166. The maximum atomic E-state index is 13.7. The standard InChI is InChI=1S/C26H16FNO5/c27-15-12-10-14(11-13-15)21-19-20(25(32)28(24(19)31)16-6-2-1-3-7-16)26(33-21)22(29)17-8-4-5-9-18(17)23(26)30/h1-13,19-21H/t19-,20+,21+/m0/s1. The third-order valence-electron chi connectivity index (χ3n) is 6.73. The molecule has 0 unspecified atom stereocenters. The number of Topliss-reactive ketones (excluding diaryl/α,β-unsaturated/α-hetero) is 2. The van der Waals surface area contributed by atoms with E-state index in [1.165, 1.54) is 36.4 Å². The van der Waals surface area contributed by atoms with Crippen LogP contribution in [-0.4, -0.2) is 29.0 Å². The molecule has 7 heteroatoms. The van der Waals surface area contributed by atoms with Crippen molar-refractivity contribution in [2.24, 2.45) is 11.8 Å². The number of anilines is 1. The number of carbonyl (C=O) groups is 4. The van der Waals surface area contributed by atoms with Crippen LogP contribution in [0.25, 0.3) is 0 Å². The van der Waals surface area contributed by atoms with Gasteiger partial charge >= 0.3 is 0 Å². The first-order valence-electron chi connectivity index (χ1n) is 10.5. The van der Waals surface area contributed by atoms with Gasteiger partial charge in [-0.25, -0.2) is 9.29 Å². The summed E-state index contributed by atoms with van der Waals surface area (Å²) in [6, 6.07) is 20.0. The molecule has 1 spiro atoms. The van der Waals surface area contributed by atoms with Crippen molar-refractivity contribution in [1.82, 2.24) is 0 Å². The average molecular weight is 441 g/mol. The van der Waals surface area contributed by atoms with E-state index in [1.807, 2.05) is 0 Å². The van der Waals surface area contributed by atoms with Crippen LogP contribution in [0.1, 0.15) is 32.4 Å². The van der Waals surface area contributed by atoms with Crippen molar-refractivity contribution >= 4 is 29.1 Å². The molecule has 33 heavy (non-hydrogen) atoms. The maximum absolute atomic E-state index is 13.7. The molecule has 3 aliphatic rings. The number of amides is 2. The number of ether oxygens (including phenoxy) is 1. The summed E-state index contributed by atoms with van der Waals surface area (Å²) in [5.41, 5.74) is -1.04. The molecule has 0 saturated carbocycles. The molecule has 3 aromatic carbocycles. The Morgan fingerprint density at radius 1 is 0.727 bits per heavy atom. The van der Waals surface area contributed by atoms with Gasteiger partial charge in [-0.05, 0) is 29.8 Å². The highest BCUT2D eigenvalue weighted by Crippen LogP contribution is 2.57. The number of carbonyl (C=O) groups excluding carboxylic acids is 4. The van der Waals surface area contributed by atoms with Crippen LogP contribution in [0.3, 0.4) is 0 Å². The summed E-state index contributed by atoms with van der Waals surface area (Å²) in [5.74, 6) is -5.38. The van der Waals surface area contributed by atoms with Crippen LogP contribution in [-0.2, 0) is 14.3 Å². The number of rotatable bonds is 2. The molecule has 2 heterocycles. The van der Waals surface area contributed by atoms with Gasteiger partial charge in [0.25, 0.3) is 0 Å². The lowest BCUT2D eigenvalue weighted by Crippen LogP contribution is -2.51. The molecule has 2 aliphatic heterocycles. The van der Waals surface area contributed by atoms with Gasteiger partial charge in [0, 0.05) is 11.1 Å². The predicted molar refractivity (Wildman–Crippen MR) is 114 cm³/mol. The van der Waals surface area contributed by atoms with E-state index in [9.17, 15) is 23.6 Å². The molecule has 2 amide bonds. The van der Waals surface area contributed by atoms with Gasteiger partial charge < -0.3 is 4.74 Å². The molecule has 0 N–H and O–H groups in total. The lowest BCUT2D eigenvalue weighted by molar-refractivity contribution is -0.127. The fourth-order valence-electron chi connectivity index (χ4n) is 5.30. The highest BCUT2D eigenvalue weighted by molar-refractivity contribution is 6.37. The van der Waals surface area contributed by atoms with Gasteiger partial charge in [-0.15, -0.1) is 0 Å². The van der Waals surface area contributed by atoms with E-state index >= 15 is 0 Å². The molecule has 1 aliphatic carbocycles. The number of hydrogen-bond acceptors (Lipinski definition) is 5. The quantitative estimate of drug-likeness (QED) is 0.449. The molecule has 3 atom stereocenters. The Morgan fingerprint density at radius 2 is 1.30 bits per heavy atom. The van der Waals surface area contributed by atoms with Gasteiger partial charge in [-0.1, -0.05) is 54.6 Å². The Labute approximate surface area is 187 Å². The van der Waals surface area contributed by atoms with Crippen LogP contribution in [0.2, 0.25) is 0 Å². The molecule has 2 saturated heterocycles. The fraction of sp³-hybridized carbons (Fsp3) is 0.154. The van der Waals surface area contributed by atoms with Crippen LogP contribution in [0.4, 0.5) is 10.1 Å². The zero-order chi connectivity index (χ0) is 22.9.